The summed E-state index contributed by atoms with van der Waals surface area (Å²) in [4.78, 5) is 25.3. The molecule has 3 N–H and O–H groups in total. The number of carbonyl (C=O) groups excluding carboxylic acids is 1. The number of carboxylic acids is 1. The van der Waals surface area contributed by atoms with Crippen LogP contribution < -0.4 is 10.6 Å². The van der Waals surface area contributed by atoms with Crippen LogP contribution in [0.4, 0.5) is 0 Å². The number of hydrogen-bond donors (Lipinski definition) is 3. The zero-order valence-electron chi connectivity index (χ0n) is 26.2. The average Bonchev–Trinajstić information content (AvgIpc) is 2.96. The van der Waals surface area contributed by atoms with E-state index < -0.39 is 27.8 Å². The highest BCUT2D eigenvalue weighted by Crippen LogP contribution is 2.30. The molecule has 1 aliphatic carbocycles. The van der Waals surface area contributed by atoms with Gasteiger partial charge in [0.25, 0.3) is 5.91 Å². The Kier molecular flexibility index (Phi) is 13.7. The lowest BCUT2D eigenvalue weighted by Crippen LogP contribution is -2.42. The van der Waals surface area contributed by atoms with Crippen LogP contribution in [0.15, 0.2) is 42.5 Å². The topological polar surface area (TPSA) is 122 Å². The number of aliphatic carboxylic acids is 1. The van der Waals surface area contributed by atoms with Crippen molar-refractivity contribution in [3.63, 3.8) is 0 Å². The number of nitrogens with one attached hydrogen (secondary N) is 2. The first kappa shape index (κ1) is 34.7. The summed E-state index contributed by atoms with van der Waals surface area (Å²) in [5, 5.41) is 15.9. The normalized spacial score (nSPS) is 15.7. The summed E-state index contributed by atoms with van der Waals surface area (Å²) < 4.78 is 29.4. The van der Waals surface area contributed by atoms with E-state index in [0.29, 0.717) is 36.1 Å². The fourth-order valence-electron chi connectivity index (χ4n) is 5.66. The van der Waals surface area contributed by atoms with E-state index in [9.17, 15) is 23.1 Å². The lowest BCUT2D eigenvalue weighted by molar-refractivity contribution is -0.139. The highest BCUT2D eigenvalue weighted by molar-refractivity contribution is 7.90. The molecular weight excluding hydrogens is 564 g/mol. The van der Waals surface area contributed by atoms with Crippen molar-refractivity contribution in [3.05, 3.63) is 59.2 Å². The van der Waals surface area contributed by atoms with Gasteiger partial charge in [0.1, 0.15) is 15.9 Å². The lowest BCUT2D eigenvalue weighted by Gasteiger charge is -2.27. The molecule has 0 aliphatic heterocycles. The molecule has 1 aliphatic rings. The first-order valence-electron chi connectivity index (χ1n) is 15.6. The third kappa shape index (κ3) is 12.0. The SMILES string of the molecule is Cc1ccccc1-c1cc(CNC(COCCC(C)C)CC2CCCCC2)ccc1C(=O)NC(CCS(C)(=O)=O)C(=O)O. The molecule has 0 heterocycles. The van der Waals surface area contributed by atoms with Gasteiger partial charge in [-0.2, -0.15) is 0 Å². The van der Waals surface area contributed by atoms with Crippen LogP contribution in [0.5, 0.6) is 0 Å². The van der Waals surface area contributed by atoms with Crippen molar-refractivity contribution >= 4 is 21.7 Å². The van der Waals surface area contributed by atoms with Crippen LogP contribution in [0.3, 0.4) is 0 Å². The molecular formula is C34H50N2O6S. The molecule has 2 atom stereocenters. The number of sulfone groups is 1. The maximum Gasteiger partial charge on any atom is 0.326 e. The van der Waals surface area contributed by atoms with Gasteiger partial charge in [-0.25, -0.2) is 13.2 Å². The molecule has 1 fully saturated rings. The Morgan fingerprint density at radius 1 is 1.02 bits per heavy atom. The van der Waals surface area contributed by atoms with Gasteiger partial charge in [0.15, 0.2) is 0 Å². The Balaban J connectivity index is 1.81. The van der Waals surface area contributed by atoms with Gasteiger partial charge in [-0.15, -0.1) is 0 Å². The molecule has 0 spiro atoms. The first-order valence-corrected chi connectivity index (χ1v) is 17.7. The van der Waals surface area contributed by atoms with Crippen LogP contribution in [0.1, 0.15) is 86.7 Å². The number of ether oxygens (including phenoxy) is 1. The molecule has 2 unspecified atom stereocenters. The Bertz CT molecular complexity index is 1300. The number of hydrogen-bond acceptors (Lipinski definition) is 6. The summed E-state index contributed by atoms with van der Waals surface area (Å²) in [5.74, 6) is -0.839. The van der Waals surface area contributed by atoms with Crippen LogP contribution in [0.2, 0.25) is 0 Å². The molecule has 9 heteroatoms. The minimum atomic E-state index is -3.38. The third-order valence-electron chi connectivity index (χ3n) is 8.24. The summed E-state index contributed by atoms with van der Waals surface area (Å²) >= 11 is 0. The van der Waals surface area contributed by atoms with Gasteiger partial charge in [-0.1, -0.05) is 76.3 Å². The largest absolute Gasteiger partial charge is 0.480 e. The van der Waals surface area contributed by atoms with E-state index in [1.807, 2.05) is 43.3 Å². The van der Waals surface area contributed by atoms with E-state index in [1.165, 1.54) is 32.1 Å². The number of carbonyl (C=O) groups is 2. The van der Waals surface area contributed by atoms with E-state index in [1.54, 1.807) is 6.07 Å². The fraction of sp³-hybridized carbons (Fsp3) is 0.588. The second-order valence-corrected chi connectivity index (χ2v) is 14.8. The minimum Gasteiger partial charge on any atom is -0.480 e. The number of benzene rings is 2. The van der Waals surface area contributed by atoms with Gasteiger partial charge in [0.2, 0.25) is 0 Å². The van der Waals surface area contributed by atoms with Crippen molar-refractivity contribution < 1.29 is 27.9 Å². The van der Waals surface area contributed by atoms with Crippen molar-refractivity contribution in [2.45, 2.75) is 90.8 Å². The van der Waals surface area contributed by atoms with Gasteiger partial charge in [0, 0.05) is 31.0 Å². The molecule has 1 saturated carbocycles. The Hall–Kier alpha value is -2.75. The van der Waals surface area contributed by atoms with Gasteiger partial charge in [0.05, 0.1) is 12.4 Å². The summed E-state index contributed by atoms with van der Waals surface area (Å²) in [6, 6.07) is 12.3. The smallest absolute Gasteiger partial charge is 0.326 e. The molecule has 3 rings (SSSR count). The third-order valence-corrected chi connectivity index (χ3v) is 9.22. The van der Waals surface area contributed by atoms with E-state index in [4.69, 9.17) is 4.74 Å². The number of carboxylic acid groups (broad SMARTS) is 1. The maximum atomic E-state index is 13.4. The van der Waals surface area contributed by atoms with Crippen molar-refractivity contribution in [1.82, 2.24) is 10.6 Å². The van der Waals surface area contributed by atoms with Crippen molar-refractivity contribution in [2.75, 3.05) is 25.2 Å². The molecule has 0 radical (unpaired) electrons. The number of amides is 1. The lowest BCUT2D eigenvalue weighted by atomic mass is 9.85. The van der Waals surface area contributed by atoms with Gasteiger partial charge in [-0.05, 0) is 72.4 Å². The number of rotatable bonds is 17. The molecule has 2 aromatic rings. The van der Waals surface area contributed by atoms with Crippen LogP contribution in [0.25, 0.3) is 11.1 Å². The van der Waals surface area contributed by atoms with E-state index in [-0.39, 0.29) is 18.2 Å². The van der Waals surface area contributed by atoms with Crippen LogP contribution >= 0.6 is 0 Å². The summed E-state index contributed by atoms with van der Waals surface area (Å²) in [5.41, 5.74) is 3.94. The zero-order chi connectivity index (χ0) is 31.4. The van der Waals surface area contributed by atoms with Crippen molar-refractivity contribution in [3.8, 4) is 11.1 Å². The molecule has 43 heavy (non-hydrogen) atoms. The molecule has 1 amide bonds. The number of aryl methyl sites for hydroxylation is 1. The Morgan fingerprint density at radius 2 is 1.74 bits per heavy atom. The molecule has 2 aromatic carbocycles. The fourth-order valence-corrected chi connectivity index (χ4v) is 6.33. The van der Waals surface area contributed by atoms with Crippen molar-refractivity contribution in [1.29, 1.82) is 0 Å². The van der Waals surface area contributed by atoms with E-state index in [2.05, 4.69) is 24.5 Å². The highest BCUT2D eigenvalue weighted by Gasteiger charge is 2.25. The molecule has 238 valence electrons. The van der Waals surface area contributed by atoms with Gasteiger partial charge in [-0.3, -0.25) is 4.79 Å². The molecule has 0 aromatic heterocycles. The van der Waals surface area contributed by atoms with E-state index in [0.717, 1.165) is 42.4 Å². The van der Waals surface area contributed by atoms with Crippen LogP contribution in [-0.2, 0) is 25.9 Å². The molecule has 0 saturated heterocycles. The van der Waals surface area contributed by atoms with Gasteiger partial charge >= 0.3 is 5.97 Å². The predicted octanol–water partition coefficient (Wildman–Crippen LogP) is 5.77. The summed E-state index contributed by atoms with van der Waals surface area (Å²) in [7, 11) is -3.38. The first-order chi connectivity index (χ1) is 20.4. The molecule has 0 bridgehead atoms. The second-order valence-electron chi connectivity index (χ2n) is 12.6. The molecule has 8 nitrogen and oxygen atoms in total. The maximum absolute atomic E-state index is 13.4. The second kappa shape index (κ2) is 16.9. The Morgan fingerprint density at radius 3 is 2.40 bits per heavy atom. The highest BCUT2D eigenvalue weighted by atomic mass is 32.2. The Labute approximate surface area is 257 Å². The average molecular weight is 615 g/mol. The van der Waals surface area contributed by atoms with Crippen molar-refractivity contribution in [2.24, 2.45) is 11.8 Å². The minimum absolute atomic E-state index is 0.205. The van der Waals surface area contributed by atoms with Gasteiger partial charge < -0.3 is 20.5 Å². The zero-order valence-corrected chi connectivity index (χ0v) is 27.0. The van der Waals surface area contributed by atoms with Crippen LogP contribution in [0, 0.1) is 18.8 Å². The van der Waals surface area contributed by atoms with E-state index >= 15 is 0 Å². The van der Waals surface area contributed by atoms with Crippen LogP contribution in [-0.4, -0.2) is 62.7 Å². The quantitative estimate of drug-likeness (QED) is 0.193. The standard InChI is InChI=1S/C34H50N2O6S/c1-24(2)16-18-42-23-28(20-26-11-6-5-7-12-26)35-22-27-14-15-30(31(21-27)29-13-9-8-10-25(29)3)33(37)36-32(34(38)39)17-19-43(4,40)41/h8-10,13-15,21,24,26,28,32,35H,5-7,11-12,16-20,22-23H2,1-4H3,(H,36,37)(H,38,39). The summed E-state index contributed by atoms with van der Waals surface area (Å²) in [6.07, 6.45) is 9.43. The summed E-state index contributed by atoms with van der Waals surface area (Å²) in [6.45, 7) is 8.41. The predicted molar refractivity (Wildman–Crippen MR) is 172 cm³/mol. The monoisotopic (exact) mass is 614 g/mol.